The van der Waals surface area contributed by atoms with E-state index >= 15 is 0 Å². The van der Waals surface area contributed by atoms with Crippen molar-refractivity contribution in [2.45, 2.75) is 46.3 Å². The zero-order chi connectivity index (χ0) is 15.8. The molecule has 0 amide bonds. The molecule has 0 bridgehead atoms. The van der Waals surface area contributed by atoms with Crippen LogP contribution in [0.15, 0.2) is 15.8 Å². The fourth-order valence-electron chi connectivity index (χ4n) is 1.76. The summed E-state index contributed by atoms with van der Waals surface area (Å²) in [5.74, 6) is -0.433. The quantitative estimate of drug-likeness (QED) is 0.573. The van der Waals surface area contributed by atoms with Crippen LogP contribution in [0.25, 0.3) is 0 Å². The summed E-state index contributed by atoms with van der Waals surface area (Å²) in [6.07, 6.45) is 2.25. The van der Waals surface area contributed by atoms with Gasteiger partial charge in [-0.1, -0.05) is 13.3 Å². The first-order valence-corrected chi connectivity index (χ1v) is 7.08. The van der Waals surface area contributed by atoms with Crippen molar-refractivity contribution in [1.82, 2.24) is 9.55 Å². The van der Waals surface area contributed by atoms with Crippen molar-refractivity contribution in [3.63, 3.8) is 0 Å². The highest BCUT2D eigenvalue weighted by Crippen LogP contribution is 2.12. The molecule has 0 aromatic carbocycles. The van der Waals surface area contributed by atoms with E-state index in [2.05, 4.69) is 4.98 Å². The molecule has 1 aromatic rings. The van der Waals surface area contributed by atoms with Gasteiger partial charge in [0.1, 0.15) is 6.23 Å². The monoisotopic (exact) mass is 298 g/mol. The number of rotatable bonds is 8. The Labute approximate surface area is 122 Å². The number of H-pyrrole nitrogens is 1. The Morgan fingerprint density at radius 1 is 1.38 bits per heavy atom. The minimum Gasteiger partial charge on any atom is -0.466 e. The number of aromatic nitrogens is 2. The topological polar surface area (TPSA) is 90.4 Å². The normalized spacial score (nSPS) is 12.1. The largest absolute Gasteiger partial charge is 0.466 e. The summed E-state index contributed by atoms with van der Waals surface area (Å²) in [5, 5.41) is 0. The van der Waals surface area contributed by atoms with Gasteiger partial charge in [0.05, 0.1) is 13.0 Å². The third-order valence-electron chi connectivity index (χ3n) is 2.92. The molecule has 7 heteroatoms. The number of hydrogen-bond donors (Lipinski definition) is 1. The Kier molecular flexibility index (Phi) is 6.87. The Balaban J connectivity index is 2.87. The van der Waals surface area contributed by atoms with E-state index in [-0.39, 0.29) is 6.42 Å². The van der Waals surface area contributed by atoms with Gasteiger partial charge in [0.25, 0.3) is 5.56 Å². The molecule has 1 aromatic heterocycles. The Hall–Kier alpha value is -1.89. The molecule has 1 N–H and O–H groups in total. The molecule has 118 valence electrons. The molecule has 7 nitrogen and oxygen atoms in total. The summed E-state index contributed by atoms with van der Waals surface area (Å²) < 4.78 is 11.7. The highest BCUT2D eigenvalue weighted by molar-refractivity contribution is 5.69. The third-order valence-corrected chi connectivity index (χ3v) is 2.92. The molecule has 0 radical (unpaired) electrons. The maximum atomic E-state index is 11.8. The van der Waals surface area contributed by atoms with Crippen LogP contribution in [0.2, 0.25) is 0 Å². The number of nitrogens with zero attached hydrogens (tertiary/aromatic N) is 1. The number of hydrogen-bond acceptors (Lipinski definition) is 5. The summed E-state index contributed by atoms with van der Waals surface area (Å²) in [4.78, 5) is 37.1. The summed E-state index contributed by atoms with van der Waals surface area (Å²) in [6.45, 7) is 6.03. The molecule has 0 aliphatic heterocycles. The lowest BCUT2D eigenvalue weighted by Gasteiger charge is -2.19. The van der Waals surface area contributed by atoms with Gasteiger partial charge in [-0.25, -0.2) is 4.79 Å². The lowest BCUT2D eigenvalue weighted by atomic mass is 10.3. The minimum atomic E-state index is -0.785. The number of esters is 1. The molecule has 1 atom stereocenters. The molecule has 1 rings (SSSR count). The number of unbranched alkanes of at least 4 members (excludes halogenated alkanes) is 1. The van der Waals surface area contributed by atoms with Crippen LogP contribution in [0.5, 0.6) is 0 Å². The van der Waals surface area contributed by atoms with Gasteiger partial charge >= 0.3 is 11.7 Å². The minimum absolute atomic E-state index is 0.0804. The van der Waals surface area contributed by atoms with Gasteiger partial charge in [0, 0.05) is 18.4 Å². The molecule has 21 heavy (non-hydrogen) atoms. The van der Waals surface area contributed by atoms with Crippen molar-refractivity contribution in [3.8, 4) is 0 Å². The standard InChI is InChI=1S/C14H22N2O5/c1-4-6-7-21-12(17)8-11(20-5-2)16-9-10(3)13(18)15-14(16)19/h9,11H,4-8H2,1-3H3,(H,15,18,19). The van der Waals surface area contributed by atoms with Crippen molar-refractivity contribution in [1.29, 1.82) is 0 Å². The van der Waals surface area contributed by atoms with E-state index in [1.54, 1.807) is 13.8 Å². The van der Waals surface area contributed by atoms with Crippen LogP contribution in [0.3, 0.4) is 0 Å². The van der Waals surface area contributed by atoms with Crippen LogP contribution in [0.1, 0.15) is 44.9 Å². The molecule has 0 spiro atoms. The van der Waals surface area contributed by atoms with Crippen LogP contribution in [0, 0.1) is 6.92 Å². The van der Waals surface area contributed by atoms with Crippen LogP contribution < -0.4 is 11.2 Å². The van der Waals surface area contributed by atoms with E-state index < -0.39 is 23.4 Å². The van der Waals surface area contributed by atoms with Crippen LogP contribution in [0.4, 0.5) is 0 Å². The second-order valence-corrected chi connectivity index (χ2v) is 4.67. The SMILES string of the molecule is CCCCOC(=O)CC(OCC)n1cc(C)c(=O)[nH]c1=O. The first kappa shape index (κ1) is 17.2. The van der Waals surface area contributed by atoms with Crippen LogP contribution in [-0.4, -0.2) is 28.7 Å². The van der Waals surface area contributed by atoms with E-state index in [1.807, 2.05) is 6.92 Å². The highest BCUT2D eigenvalue weighted by atomic mass is 16.5. The summed E-state index contributed by atoms with van der Waals surface area (Å²) in [6, 6.07) is 0. The van der Waals surface area contributed by atoms with E-state index in [0.717, 1.165) is 12.8 Å². The third kappa shape index (κ3) is 5.18. The van der Waals surface area contributed by atoms with E-state index in [9.17, 15) is 14.4 Å². The van der Waals surface area contributed by atoms with E-state index in [4.69, 9.17) is 9.47 Å². The predicted octanol–water partition coefficient (Wildman–Crippen LogP) is 1.11. The fraction of sp³-hybridized carbons (Fsp3) is 0.643. The second-order valence-electron chi connectivity index (χ2n) is 4.67. The van der Waals surface area contributed by atoms with Crippen molar-refractivity contribution in [2.24, 2.45) is 0 Å². The number of aromatic amines is 1. The van der Waals surface area contributed by atoms with Crippen molar-refractivity contribution in [3.05, 3.63) is 32.6 Å². The van der Waals surface area contributed by atoms with Gasteiger partial charge in [0.15, 0.2) is 0 Å². The maximum Gasteiger partial charge on any atom is 0.330 e. The molecule has 0 fully saturated rings. The number of nitrogens with one attached hydrogen (secondary N) is 1. The molecule has 0 aliphatic rings. The number of aryl methyl sites for hydroxylation is 1. The van der Waals surface area contributed by atoms with Gasteiger partial charge < -0.3 is 9.47 Å². The first-order valence-electron chi connectivity index (χ1n) is 7.08. The zero-order valence-electron chi connectivity index (χ0n) is 12.7. The smallest absolute Gasteiger partial charge is 0.330 e. The van der Waals surface area contributed by atoms with Crippen molar-refractivity contribution < 1.29 is 14.3 Å². The second kappa shape index (κ2) is 8.41. The lowest BCUT2D eigenvalue weighted by molar-refractivity contribution is -0.149. The highest BCUT2D eigenvalue weighted by Gasteiger charge is 2.19. The molecule has 1 unspecified atom stereocenters. The van der Waals surface area contributed by atoms with E-state index in [0.29, 0.717) is 18.8 Å². The summed E-state index contributed by atoms with van der Waals surface area (Å²) in [5.41, 5.74) is -0.680. The average molecular weight is 298 g/mol. The van der Waals surface area contributed by atoms with Crippen LogP contribution >= 0.6 is 0 Å². The van der Waals surface area contributed by atoms with Gasteiger partial charge in [-0.3, -0.25) is 19.1 Å². The average Bonchev–Trinajstić information content (AvgIpc) is 2.43. The van der Waals surface area contributed by atoms with Gasteiger partial charge in [-0.2, -0.15) is 0 Å². The molecule has 0 saturated carbocycles. The summed E-state index contributed by atoms with van der Waals surface area (Å²) >= 11 is 0. The maximum absolute atomic E-state index is 11.8. The first-order chi connectivity index (χ1) is 9.99. The van der Waals surface area contributed by atoms with Crippen molar-refractivity contribution in [2.75, 3.05) is 13.2 Å². The Morgan fingerprint density at radius 3 is 2.71 bits per heavy atom. The van der Waals surface area contributed by atoms with Crippen molar-refractivity contribution >= 4 is 5.97 Å². The predicted molar refractivity (Wildman–Crippen MR) is 77.2 cm³/mol. The van der Waals surface area contributed by atoms with Gasteiger partial charge in [-0.15, -0.1) is 0 Å². The van der Waals surface area contributed by atoms with Crippen LogP contribution in [-0.2, 0) is 14.3 Å². The Morgan fingerprint density at radius 2 is 2.10 bits per heavy atom. The Bertz CT molecular complexity index is 575. The van der Waals surface area contributed by atoms with E-state index in [1.165, 1.54) is 10.8 Å². The lowest BCUT2D eigenvalue weighted by Crippen LogP contribution is -2.35. The zero-order valence-corrected chi connectivity index (χ0v) is 12.7. The molecular formula is C14H22N2O5. The molecule has 0 aliphatic carbocycles. The number of ether oxygens (including phenoxy) is 2. The summed E-state index contributed by atoms with van der Waals surface area (Å²) in [7, 11) is 0. The molecular weight excluding hydrogens is 276 g/mol. The fourth-order valence-corrected chi connectivity index (χ4v) is 1.76. The molecule has 0 saturated heterocycles. The number of carbonyl (C=O) groups is 1. The van der Waals surface area contributed by atoms with Gasteiger partial charge in [-0.05, 0) is 20.3 Å². The number of carbonyl (C=O) groups excluding carboxylic acids is 1. The van der Waals surface area contributed by atoms with Gasteiger partial charge in [0.2, 0.25) is 0 Å². The molecule has 1 heterocycles.